The third-order valence-corrected chi connectivity index (χ3v) is 5.84. The van der Waals surface area contributed by atoms with Gasteiger partial charge in [0.05, 0.1) is 25.4 Å². The highest BCUT2D eigenvalue weighted by Gasteiger charge is 2.29. The van der Waals surface area contributed by atoms with Crippen LogP contribution in [0.2, 0.25) is 0 Å². The molecule has 9 heteroatoms. The van der Waals surface area contributed by atoms with Gasteiger partial charge >= 0.3 is 12.0 Å². The van der Waals surface area contributed by atoms with E-state index >= 15 is 0 Å². The summed E-state index contributed by atoms with van der Waals surface area (Å²) >= 11 is 0. The molecule has 0 aliphatic carbocycles. The van der Waals surface area contributed by atoms with E-state index in [0.29, 0.717) is 30.9 Å². The van der Waals surface area contributed by atoms with Crippen LogP contribution in [0.4, 0.5) is 10.5 Å². The lowest BCUT2D eigenvalue weighted by Gasteiger charge is -2.35. The molecule has 1 aliphatic heterocycles. The van der Waals surface area contributed by atoms with Gasteiger partial charge in [0.25, 0.3) is 5.91 Å². The van der Waals surface area contributed by atoms with E-state index in [1.165, 1.54) is 4.90 Å². The molecule has 0 atom stereocenters. The van der Waals surface area contributed by atoms with E-state index in [-0.39, 0.29) is 24.1 Å². The number of carboxylic acid groups (broad SMARTS) is 1. The van der Waals surface area contributed by atoms with E-state index in [1.807, 2.05) is 36.4 Å². The van der Waals surface area contributed by atoms with Crippen molar-refractivity contribution in [3.8, 4) is 5.75 Å². The number of carboxylic acids is 1. The van der Waals surface area contributed by atoms with Crippen LogP contribution >= 0.6 is 0 Å². The summed E-state index contributed by atoms with van der Waals surface area (Å²) in [6.45, 7) is 1.04. The van der Waals surface area contributed by atoms with Crippen molar-refractivity contribution in [1.29, 1.82) is 0 Å². The largest absolute Gasteiger partial charge is 0.497 e. The number of amides is 3. The van der Waals surface area contributed by atoms with Gasteiger partial charge in [-0.1, -0.05) is 36.4 Å². The number of hydrogen-bond donors (Lipinski definition) is 2. The van der Waals surface area contributed by atoms with Crippen molar-refractivity contribution in [1.82, 2.24) is 15.2 Å². The molecule has 2 heterocycles. The van der Waals surface area contributed by atoms with E-state index in [9.17, 15) is 14.4 Å². The quantitative estimate of drug-likeness (QED) is 0.519. The number of hydrogen-bond acceptors (Lipinski definition) is 5. The lowest BCUT2D eigenvalue weighted by Crippen LogP contribution is -2.44. The fourth-order valence-corrected chi connectivity index (χ4v) is 3.93. The number of carbonyl (C=O) groups is 3. The maximum atomic E-state index is 12.9. The summed E-state index contributed by atoms with van der Waals surface area (Å²) in [6.07, 6.45) is 1.50. The Labute approximate surface area is 203 Å². The van der Waals surface area contributed by atoms with Gasteiger partial charge in [0.2, 0.25) is 0 Å². The summed E-state index contributed by atoms with van der Waals surface area (Å²) in [5.74, 6) is -0.445. The number of urea groups is 1. The summed E-state index contributed by atoms with van der Waals surface area (Å²) in [4.78, 5) is 43.9. The molecular formula is C26H26N4O5. The van der Waals surface area contributed by atoms with Crippen LogP contribution in [0.1, 0.15) is 32.7 Å². The first kappa shape index (κ1) is 23.7. The van der Waals surface area contributed by atoms with E-state index in [4.69, 9.17) is 9.84 Å². The first-order valence-corrected chi connectivity index (χ1v) is 11.1. The molecule has 1 aromatic heterocycles. The number of nitrogens with zero attached hydrogens (tertiary/aromatic N) is 3. The van der Waals surface area contributed by atoms with Crippen LogP contribution in [-0.4, -0.2) is 47.1 Å². The van der Waals surface area contributed by atoms with E-state index < -0.39 is 5.97 Å². The second-order valence-corrected chi connectivity index (χ2v) is 8.31. The van der Waals surface area contributed by atoms with Gasteiger partial charge in [0.15, 0.2) is 0 Å². The second kappa shape index (κ2) is 10.3. The molecule has 0 unspecified atom stereocenters. The minimum absolute atomic E-state index is 0.0463. The molecule has 0 spiro atoms. The van der Waals surface area contributed by atoms with Gasteiger partial charge in [-0.25, -0.2) is 9.78 Å². The number of anilines is 1. The topological polar surface area (TPSA) is 112 Å². The Bertz CT molecular complexity index is 1240. The molecule has 0 fully saturated rings. The van der Waals surface area contributed by atoms with Gasteiger partial charge in [-0.15, -0.1) is 0 Å². The van der Waals surface area contributed by atoms with Gasteiger partial charge in [0.1, 0.15) is 11.4 Å². The van der Waals surface area contributed by atoms with Gasteiger partial charge in [-0.05, 0) is 40.5 Å². The summed E-state index contributed by atoms with van der Waals surface area (Å²) in [5, 5.41) is 11.8. The van der Waals surface area contributed by atoms with Crippen LogP contribution in [0.5, 0.6) is 5.75 Å². The molecule has 2 aromatic carbocycles. The van der Waals surface area contributed by atoms with E-state index in [1.54, 1.807) is 43.5 Å². The molecule has 3 aromatic rings. The van der Waals surface area contributed by atoms with Crippen molar-refractivity contribution in [2.45, 2.75) is 26.1 Å². The highest BCUT2D eigenvalue weighted by molar-refractivity contribution is 5.96. The third-order valence-electron chi connectivity index (χ3n) is 5.84. The van der Waals surface area contributed by atoms with Crippen molar-refractivity contribution in [3.05, 3.63) is 88.7 Å². The van der Waals surface area contributed by atoms with Crippen LogP contribution in [-0.2, 0) is 30.8 Å². The summed E-state index contributed by atoms with van der Waals surface area (Å²) in [6, 6.07) is 16.1. The Morgan fingerprint density at radius 1 is 1.06 bits per heavy atom. The Kier molecular flexibility index (Phi) is 6.96. The summed E-state index contributed by atoms with van der Waals surface area (Å²) in [5.41, 5.74) is 4.27. The fourth-order valence-electron chi connectivity index (χ4n) is 3.93. The Balaban J connectivity index is 1.44. The second-order valence-electron chi connectivity index (χ2n) is 8.31. The molecule has 1 aliphatic rings. The Hall–Kier alpha value is -4.40. The van der Waals surface area contributed by atoms with Crippen LogP contribution in [0, 0.1) is 0 Å². The average Bonchev–Trinajstić information content (AvgIpc) is 2.86. The number of carbonyl (C=O) groups excluding carboxylic acids is 2. The number of pyridine rings is 1. The zero-order valence-corrected chi connectivity index (χ0v) is 19.5. The molecule has 3 amide bonds. The minimum Gasteiger partial charge on any atom is -0.497 e. The normalized spacial score (nSPS) is 12.8. The number of ether oxygens (including phenoxy) is 1. The maximum Gasteiger partial charge on any atom is 0.324 e. The molecule has 35 heavy (non-hydrogen) atoms. The van der Waals surface area contributed by atoms with E-state index in [0.717, 1.165) is 22.4 Å². The lowest BCUT2D eigenvalue weighted by molar-refractivity contribution is -0.136. The monoisotopic (exact) mass is 474 g/mol. The van der Waals surface area contributed by atoms with Crippen molar-refractivity contribution >= 4 is 23.6 Å². The van der Waals surface area contributed by atoms with Crippen LogP contribution in [0.25, 0.3) is 0 Å². The molecule has 2 N–H and O–H groups in total. The molecule has 0 bridgehead atoms. The van der Waals surface area contributed by atoms with Crippen molar-refractivity contribution in [2.75, 3.05) is 19.1 Å². The molecule has 4 rings (SSSR count). The van der Waals surface area contributed by atoms with Crippen LogP contribution in [0.15, 0.2) is 60.8 Å². The van der Waals surface area contributed by atoms with Gasteiger partial charge in [0, 0.05) is 26.7 Å². The van der Waals surface area contributed by atoms with E-state index in [2.05, 4.69) is 10.3 Å². The third kappa shape index (κ3) is 5.57. The predicted molar refractivity (Wildman–Crippen MR) is 129 cm³/mol. The van der Waals surface area contributed by atoms with Gasteiger partial charge in [-0.2, -0.15) is 0 Å². The van der Waals surface area contributed by atoms with Gasteiger partial charge in [-0.3, -0.25) is 14.5 Å². The number of aliphatic carboxylic acids is 1. The SMILES string of the molecule is COc1ccc(CNC(=O)c2cc3c(cn2)N(C)C(=O)N(Cc2ccc(CC(=O)O)cc2)C3)cc1. The maximum absolute atomic E-state index is 12.9. The first-order valence-electron chi connectivity index (χ1n) is 11.1. The summed E-state index contributed by atoms with van der Waals surface area (Å²) in [7, 11) is 3.27. The molecule has 180 valence electrons. The molecule has 0 saturated heterocycles. The smallest absolute Gasteiger partial charge is 0.324 e. The molecule has 9 nitrogen and oxygen atoms in total. The lowest BCUT2D eigenvalue weighted by atomic mass is 10.1. The number of nitrogens with one attached hydrogen (secondary N) is 1. The van der Waals surface area contributed by atoms with Crippen molar-refractivity contribution < 1.29 is 24.2 Å². The zero-order chi connectivity index (χ0) is 24.9. The van der Waals surface area contributed by atoms with Crippen molar-refractivity contribution in [2.24, 2.45) is 0 Å². The number of aromatic nitrogens is 1. The number of fused-ring (bicyclic) bond motifs is 1. The highest BCUT2D eigenvalue weighted by atomic mass is 16.5. The highest BCUT2D eigenvalue weighted by Crippen LogP contribution is 2.28. The van der Waals surface area contributed by atoms with Crippen LogP contribution in [0.3, 0.4) is 0 Å². The first-order chi connectivity index (χ1) is 16.8. The number of methoxy groups -OCH3 is 1. The predicted octanol–water partition coefficient (Wildman–Crippen LogP) is 3.22. The summed E-state index contributed by atoms with van der Waals surface area (Å²) < 4.78 is 5.15. The molecular weight excluding hydrogens is 448 g/mol. The average molecular weight is 475 g/mol. The Morgan fingerprint density at radius 2 is 1.71 bits per heavy atom. The minimum atomic E-state index is -0.889. The van der Waals surface area contributed by atoms with Gasteiger partial charge < -0.3 is 20.1 Å². The number of benzene rings is 2. The zero-order valence-electron chi connectivity index (χ0n) is 19.5. The Morgan fingerprint density at radius 3 is 2.37 bits per heavy atom. The molecule has 0 radical (unpaired) electrons. The molecule has 0 saturated carbocycles. The number of rotatable bonds is 8. The fraction of sp³-hybridized carbons (Fsp3) is 0.231. The van der Waals surface area contributed by atoms with Crippen molar-refractivity contribution in [3.63, 3.8) is 0 Å². The standard InChI is InChI=1S/C26H26N4O5/c1-29-23-14-27-22(25(33)28-13-18-7-9-21(35-2)10-8-18)12-20(23)16-30(26(29)34)15-19-5-3-17(4-6-19)11-24(31)32/h3-10,12,14H,11,13,15-16H2,1-2H3,(H,28,33)(H,31,32). The van der Waals surface area contributed by atoms with Crippen LogP contribution < -0.4 is 15.0 Å².